The zero-order chi connectivity index (χ0) is 9.80. The van der Waals surface area contributed by atoms with Crippen LogP contribution in [0.3, 0.4) is 0 Å². The molecule has 2 aromatic heterocycles. The topological polar surface area (TPSA) is 24.9 Å². The molecule has 0 aliphatic carbocycles. The van der Waals surface area contributed by atoms with Gasteiger partial charge in [-0.3, -0.25) is 0 Å². The summed E-state index contributed by atoms with van der Waals surface area (Å²) in [6.07, 6.45) is 1.79. The highest BCUT2D eigenvalue weighted by atomic mass is 79.9. The molecule has 0 aliphatic rings. The van der Waals surface area contributed by atoms with Gasteiger partial charge in [0.25, 0.3) is 0 Å². The van der Waals surface area contributed by atoms with Crippen molar-refractivity contribution in [3.8, 4) is 0 Å². The van der Waals surface area contributed by atoms with E-state index < -0.39 is 0 Å². The van der Waals surface area contributed by atoms with Crippen LogP contribution < -0.4 is 5.32 Å². The van der Waals surface area contributed by atoms with Crippen LogP contribution in [0.25, 0.3) is 0 Å². The summed E-state index contributed by atoms with van der Waals surface area (Å²) in [6, 6.07) is 8.09. The van der Waals surface area contributed by atoms with Crippen molar-refractivity contribution in [3.05, 3.63) is 45.2 Å². The van der Waals surface area contributed by atoms with Gasteiger partial charge in [-0.1, -0.05) is 6.07 Å². The Morgan fingerprint density at radius 3 is 2.93 bits per heavy atom. The monoisotopic (exact) mass is 268 g/mol. The summed E-state index contributed by atoms with van der Waals surface area (Å²) in [5.41, 5.74) is 0. The van der Waals surface area contributed by atoms with Crippen LogP contribution in [0, 0.1) is 0 Å². The van der Waals surface area contributed by atoms with E-state index in [9.17, 15) is 0 Å². The minimum absolute atomic E-state index is 0.840. The van der Waals surface area contributed by atoms with E-state index in [-0.39, 0.29) is 0 Å². The molecule has 2 nitrogen and oxygen atoms in total. The van der Waals surface area contributed by atoms with Gasteiger partial charge >= 0.3 is 0 Å². The average molecular weight is 269 g/mol. The molecule has 2 heterocycles. The maximum absolute atomic E-state index is 4.22. The van der Waals surface area contributed by atoms with Crippen molar-refractivity contribution >= 4 is 33.1 Å². The summed E-state index contributed by atoms with van der Waals surface area (Å²) < 4.78 is 0.999. The van der Waals surface area contributed by atoms with E-state index in [0.717, 1.165) is 16.8 Å². The Balaban J connectivity index is 1.95. The molecule has 4 heteroatoms. The Morgan fingerprint density at radius 2 is 2.29 bits per heavy atom. The first kappa shape index (κ1) is 9.68. The van der Waals surface area contributed by atoms with Crippen molar-refractivity contribution in [2.24, 2.45) is 0 Å². The van der Waals surface area contributed by atoms with Crippen LogP contribution in [0.5, 0.6) is 0 Å². The highest BCUT2D eigenvalue weighted by Crippen LogP contribution is 2.13. The first-order valence-corrected chi connectivity index (χ1v) is 5.90. The van der Waals surface area contributed by atoms with E-state index in [0.29, 0.717) is 0 Å². The van der Waals surface area contributed by atoms with Gasteiger partial charge in [0.2, 0.25) is 0 Å². The van der Waals surface area contributed by atoms with Crippen molar-refractivity contribution in [2.75, 3.05) is 5.32 Å². The highest BCUT2D eigenvalue weighted by molar-refractivity contribution is 9.10. The normalized spacial score (nSPS) is 10.1. The predicted octanol–water partition coefficient (Wildman–Crippen LogP) is 3.52. The second kappa shape index (κ2) is 4.57. The lowest BCUT2D eigenvalue weighted by Gasteiger charge is -2.02. The summed E-state index contributed by atoms with van der Waals surface area (Å²) in [7, 11) is 0. The SMILES string of the molecule is Brc1ccc(NCc2cccs2)nc1. The largest absolute Gasteiger partial charge is 0.365 e. The van der Waals surface area contributed by atoms with Crippen LogP contribution in [0.2, 0.25) is 0 Å². The first-order chi connectivity index (χ1) is 6.84. The fourth-order valence-electron chi connectivity index (χ4n) is 1.07. The Kier molecular flexibility index (Phi) is 3.16. The molecule has 0 unspecified atom stereocenters. The van der Waals surface area contributed by atoms with E-state index >= 15 is 0 Å². The van der Waals surface area contributed by atoms with Crippen molar-refractivity contribution < 1.29 is 0 Å². The Morgan fingerprint density at radius 1 is 1.36 bits per heavy atom. The van der Waals surface area contributed by atoms with Gasteiger partial charge in [0.05, 0.1) is 6.54 Å². The van der Waals surface area contributed by atoms with Crippen LogP contribution in [0.4, 0.5) is 5.82 Å². The Bertz CT molecular complexity index is 383. The van der Waals surface area contributed by atoms with Gasteiger partial charge in [0.1, 0.15) is 5.82 Å². The lowest BCUT2D eigenvalue weighted by Crippen LogP contribution is -1.98. The van der Waals surface area contributed by atoms with E-state index in [1.54, 1.807) is 17.5 Å². The van der Waals surface area contributed by atoms with Crippen LogP contribution in [-0.2, 0) is 6.54 Å². The molecule has 0 amide bonds. The molecular formula is C10H9BrN2S. The van der Waals surface area contributed by atoms with Crippen LogP contribution in [0.15, 0.2) is 40.3 Å². The summed E-state index contributed by atoms with van der Waals surface area (Å²) in [6.45, 7) is 0.840. The van der Waals surface area contributed by atoms with E-state index in [2.05, 4.69) is 43.7 Å². The number of aromatic nitrogens is 1. The zero-order valence-corrected chi connectivity index (χ0v) is 9.81. The molecular weight excluding hydrogens is 260 g/mol. The van der Waals surface area contributed by atoms with Gasteiger partial charge in [-0.05, 0) is 39.5 Å². The molecule has 72 valence electrons. The zero-order valence-electron chi connectivity index (χ0n) is 7.40. The van der Waals surface area contributed by atoms with Gasteiger partial charge in [-0.15, -0.1) is 11.3 Å². The summed E-state index contributed by atoms with van der Waals surface area (Å²) in [5, 5.41) is 5.33. The van der Waals surface area contributed by atoms with Crippen LogP contribution in [0.1, 0.15) is 4.88 Å². The summed E-state index contributed by atoms with van der Waals surface area (Å²) in [5.74, 6) is 0.904. The Hall–Kier alpha value is -0.870. The molecule has 0 aliphatic heterocycles. The number of thiophene rings is 1. The third-order valence-corrected chi connectivity index (χ3v) is 3.10. The van der Waals surface area contributed by atoms with E-state index in [1.807, 2.05) is 12.1 Å². The molecule has 0 spiro atoms. The molecule has 0 aromatic carbocycles. The molecule has 0 radical (unpaired) electrons. The summed E-state index contributed by atoms with van der Waals surface area (Å²) >= 11 is 5.09. The second-order valence-corrected chi connectivity index (χ2v) is 4.74. The number of anilines is 1. The van der Waals surface area contributed by atoms with Crippen molar-refractivity contribution in [1.29, 1.82) is 0 Å². The molecule has 0 atom stereocenters. The van der Waals surface area contributed by atoms with Crippen LogP contribution in [-0.4, -0.2) is 4.98 Å². The second-order valence-electron chi connectivity index (χ2n) is 2.79. The van der Waals surface area contributed by atoms with Gasteiger partial charge in [0, 0.05) is 15.5 Å². The first-order valence-electron chi connectivity index (χ1n) is 4.22. The molecule has 0 bridgehead atoms. The average Bonchev–Trinajstić information content (AvgIpc) is 2.70. The van der Waals surface area contributed by atoms with Crippen LogP contribution >= 0.6 is 27.3 Å². The lowest BCUT2D eigenvalue weighted by atomic mass is 10.4. The number of nitrogens with one attached hydrogen (secondary N) is 1. The van der Waals surface area contributed by atoms with E-state index in [4.69, 9.17) is 0 Å². The van der Waals surface area contributed by atoms with Gasteiger partial charge in [0.15, 0.2) is 0 Å². The van der Waals surface area contributed by atoms with Gasteiger partial charge in [-0.2, -0.15) is 0 Å². The molecule has 0 fully saturated rings. The van der Waals surface area contributed by atoms with Gasteiger partial charge < -0.3 is 5.32 Å². The maximum atomic E-state index is 4.22. The molecule has 2 rings (SSSR count). The quantitative estimate of drug-likeness (QED) is 0.922. The van der Waals surface area contributed by atoms with E-state index in [1.165, 1.54) is 4.88 Å². The maximum Gasteiger partial charge on any atom is 0.126 e. The predicted molar refractivity (Wildman–Crippen MR) is 63.6 cm³/mol. The standard InChI is InChI=1S/C10H9BrN2S/c11-8-3-4-10(12-6-8)13-7-9-2-1-5-14-9/h1-6H,7H2,(H,12,13). The number of nitrogens with zero attached hydrogens (tertiary/aromatic N) is 1. The summed E-state index contributed by atoms with van der Waals surface area (Å²) in [4.78, 5) is 5.54. The van der Waals surface area contributed by atoms with Gasteiger partial charge in [-0.25, -0.2) is 4.98 Å². The molecule has 14 heavy (non-hydrogen) atoms. The third kappa shape index (κ3) is 2.56. The van der Waals surface area contributed by atoms with Crippen molar-refractivity contribution in [1.82, 2.24) is 4.98 Å². The fraction of sp³-hybridized carbons (Fsp3) is 0.100. The van der Waals surface area contributed by atoms with Crippen molar-refractivity contribution in [2.45, 2.75) is 6.54 Å². The number of rotatable bonds is 3. The molecule has 1 N–H and O–H groups in total. The third-order valence-electron chi connectivity index (χ3n) is 1.75. The van der Waals surface area contributed by atoms with Crippen molar-refractivity contribution in [3.63, 3.8) is 0 Å². The molecule has 0 saturated carbocycles. The molecule has 2 aromatic rings. The Labute approximate surface area is 95.1 Å². The number of pyridine rings is 1. The smallest absolute Gasteiger partial charge is 0.126 e. The number of halogens is 1. The fourth-order valence-corrected chi connectivity index (χ4v) is 1.95. The minimum atomic E-state index is 0.840. The highest BCUT2D eigenvalue weighted by Gasteiger charge is 1.95. The molecule has 0 saturated heterocycles. The lowest BCUT2D eigenvalue weighted by molar-refractivity contribution is 1.14. The number of hydrogen-bond donors (Lipinski definition) is 1. The minimum Gasteiger partial charge on any atom is -0.365 e. The number of hydrogen-bond acceptors (Lipinski definition) is 3.